The summed E-state index contributed by atoms with van der Waals surface area (Å²) in [5.74, 6) is -1.75. The van der Waals surface area contributed by atoms with E-state index >= 15 is 0 Å². The minimum Gasteiger partial charge on any atom is -0.384 e. The van der Waals surface area contributed by atoms with E-state index in [1.165, 1.54) is 13.5 Å². The molecular formula is C22H30N4O4. The number of nitrogens with zero attached hydrogens (tertiary/aromatic N) is 2. The number of imide groups is 2. The number of fused-ring (bicyclic) bond motifs is 1. The predicted octanol–water partition coefficient (Wildman–Crippen LogP) is 2.14. The minimum absolute atomic E-state index is 0.136. The van der Waals surface area contributed by atoms with Crippen LogP contribution in [0.5, 0.6) is 0 Å². The van der Waals surface area contributed by atoms with E-state index in [0.717, 1.165) is 48.4 Å². The number of benzene rings is 1. The van der Waals surface area contributed by atoms with Crippen LogP contribution < -0.4 is 11.1 Å². The molecule has 0 bridgehead atoms. The maximum Gasteiger partial charge on any atom is 0.264 e. The molecule has 1 aromatic rings. The summed E-state index contributed by atoms with van der Waals surface area (Å²) in [5.41, 5.74) is 6.74. The summed E-state index contributed by atoms with van der Waals surface area (Å²) in [7, 11) is 1.39. The number of anilines is 1. The highest BCUT2D eigenvalue weighted by Crippen LogP contribution is 2.33. The van der Waals surface area contributed by atoms with Gasteiger partial charge in [-0.05, 0) is 37.9 Å². The first-order valence-corrected chi connectivity index (χ1v) is 10.7. The summed E-state index contributed by atoms with van der Waals surface area (Å²) >= 11 is 0. The zero-order valence-corrected chi connectivity index (χ0v) is 17.5. The fourth-order valence-corrected chi connectivity index (χ4v) is 4.07. The maximum atomic E-state index is 13.1. The van der Waals surface area contributed by atoms with Crippen LogP contribution in [0.15, 0.2) is 18.2 Å². The van der Waals surface area contributed by atoms with Gasteiger partial charge in [-0.15, -0.1) is 0 Å². The van der Waals surface area contributed by atoms with Crippen LogP contribution in [0.2, 0.25) is 0 Å². The maximum absolute atomic E-state index is 13.1. The standard InChI is InChI=1S/C22H30N4O4/c1-25-18(27)12-11-17(21(25)29)26-20(28)15-9-8-10-16(19(15)22(26)30)24-14-7-5-3-2-4-6-13-23/h8-10,17,24H,2-7,11-14,23H2,1H3. The molecule has 1 saturated heterocycles. The Morgan fingerprint density at radius 1 is 1.00 bits per heavy atom. The average molecular weight is 415 g/mol. The first kappa shape index (κ1) is 22.0. The van der Waals surface area contributed by atoms with Crippen molar-refractivity contribution in [2.75, 3.05) is 25.5 Å². The third kappa shape index (κ3) is 4.38. The quantitative estimate of drug-likeness (QED) is 0.448. The van der Waals surface area contributed by atoms with Crippen molar-refractivity contribution in [2.45, 2.75) is 57.4 Å². The number of nitrogens with two attached hydrogens (primary N) is 1. The van der Waals surface area contributed by atoms with Gasteiger partial charge >= 0.3 is 0 Å². The van der Waals surface area contributed by atoms with Crippen molar-refractivity contribution in [3.05, 3.63) is 29.3 Å². The summed E-state index contributed by atoms with van der Waals surface area (Å²) < 4.78 is 0. The number of likely N-dealkylation sites (tertiary alicyclic amines) is 1. The van der Waals surface area contributed by atoms with Crippen molar-refractivity contribution in [3.63, 3.8) is 0 Å². The molecule has 0 radical (unpaired) electrons. The first-order chi connectivity index (χ1) is 14.5. The van der Waals surface area contributed by atoms with E-state index in [-0.39, 0.29) is 18.7 Å². The Morgan fingerprint density at radius 3 is 2.43 bits per heavy atom. The van der Waals surface area contributed by atoms with E-state index in [4.69, 9.17) is 5.73 Å². The van der Waals surface area contributed by atoms with Gasteiger partial charge in [0.25, 0.3) is 17.7 Å². The van der Waals surface area contributed by atoms with Gasteiger partial charge in [-0.2, -0.15) is 0 Å². The molecule has 4 amide bonds. The van der Waals surface area contributed by atoms with Gasteiger partial charge < -0.3 is 11.1 Å². The number of nitrogens with one attached hydrogen (secondary N) is 1. The van der Waals surface area contributed by atoms with E-state index in [2.05, 4.69) is 5.32 Å². The second-order valence-electron chi connectivity index (χ2n) is 7.89. The molecule has 8 heteroatoms. The summed E-state index contributed by atoms with van der Waals surface area (Å²) in [6.07, 6.45) is 6.89. The van der Waals surface area contributed by atoms with E-state index in [9.17, 15) is 19.2 Å². The van der Waals surface area contributed by atoms with E-state index in [1.807, 2.05) is 0 Å². The Hall–Kier alpha value is -2.74. The van der Waals surface area contributed by atoms with Gasteiger partial charge in [0, 0.05) is 25.7 Å². The smallest absolute Gasteiger partial charge is 0.264 e. The number of carbonyl (C=O) groups excluding carboxylic acids is 4. The molecule has 30 heavy (non-hydrogen) atoms. The Labute approximate surface area is 176 Å². The minimum atomic E-state index is -0.929. The molecule has 1 fully saturated rings. The third-order valence-corrected chi connectivity index (χ3v) is 5.83. The van der Waals surface area contributed by atoms with Gasteiger partial charge in [0.05, 0.1) is 11.1 Å². The third-order valence-electron chi connectivity index (χ3n) is 5.83. The molecule has 162 valence electrons. The van der Waals surface area contributed by atoms with Crippen molar-refractivity contribution in [1.82, 2.24) is 9.80 Å². The lowest BCUT2D eigenvalue weighted by atomic mass is 10.0. The molecule has 8 nitrogen and oxygen atoms in total. The summed E-state index contributed by atoms with van der Waals surface area (Å²) in [5, 5.41) is 3.28. The number of carbonyl (C=O) groups is 4. The monoisotopic (exact) mass is 414 g/mol. The Bertz CT molecular complexity index is 838. The summed E-state index contributed by atoms with van der Waals surface area (Å²) in [6, 6.07) is 4.20. The van der Waals surface area contributed by atoms with Gasteiger partial charge in [-0.1, -0.05) is 31.7 Å². The molecule has 1 atom stereocenters. The topological polar surface area (TPSA) is 113 Å². The average Bonchev–Trinajstić information content (AvgIpc) is 3.00. The van der Waals surface area contributed by atoms with Crippen LogP contribution in [-0.2, 0) is 9.59 Å². The number of hydrogen-bond acceptors (Lipinski definition) is 6. The Morgan fingerprint density at radius 2 is 1.70 bits per heavy atom. The first-order valence-electron chi connectivity index (χ1n) is 10.7. The van der Waals surface area contributed by atoms with Crippen LogP contribution in [0.3, 0.4) is 0 Å². The molecule has 0 saturated carbocycles. The largest absolute Gasteiger partial charge is 0.384 e. The highest BCUT2D eigenvalue weighted by atomic mass is 16.2. The SMILES string of the molecule is CN1C(=O)CCC(N2C(=O)c3cccc(NCCCCCCCCN)c3C2=O)C1=O. The summed E-state index contributed by atoms with van der Waals surface area (Å²) in [6.45, 7) is 1.44. The van der Waals surface area contributed by atoms with Crippen molar-refractivity contribution < 1.29 is 19.2 Å². The summed E-state index contributed by atoms with van der Waals surface area (Å²) in [4.78, 5) is 52.3. The lowest BCUT2D eigenvalue weighted by molar-refractivity contribution is -0.149. The number of amides is 4. The number of hydrogen-bond donors (Lipinski definition) is 2. The fourth-order valence-electron chi connectivity index (χ4n) is 4.07. The molecule has 3 rings (SSSR count). The molecule has 1 unspecified atom stereocenters. The van der Waals surface area contributed by atoms with E-state index < -0.39 is 23.8 Å². The highest BCUT2D eigenvalue weighted by molar-refractivity contribution is 6.25. The molecule has 0 aromatic heterocycles. The lowest BCUT2D eigenvalue weighted by Crippen LogP contribution is -2.54. The van der Waals surface area contributed by atoms with Crippen LogP contribution in [-0.4, -0.2) is 59.6 Å². The van der Waals surface area contributed by atoms with Crippen LogP contribution in [0.4, 0.5) is 5.69 Å². The molecule has 2 aliphatic rings. The zero-order chi connectivity index (χ0) is 21.7. The van der Waals surface area contributed by atoms with Crippen LogP contribution in [0.1, 0.15) is 72.1 Å². The van der Waals surface area contributed by atoms with Gasteiger partial charge in [-0.3, -0.25) is 29.0 Å². The number of piperidine rings is 1. The highest BCUT2D eigenvalue weighted by Gasteiger charge is 2.46. The number of unbranched alkanes of at least 4 members (excludes halogenated alkanes) is 5. The van der Waals surface area contributed by atoms with Gasteiger partial charge in [-0.25, -0.2) is 0 Å². The Balaban J connectivity index is 1.64. The molecule has 3 N–H and O–H groups in total. The normalized spacial score (nSPS) is 18.9. The van der Waals surface area contributed by atoms with Crippen LogP contribution in [0.25, 0.3) is 0 Å². The van der Waals surface area contributed by atoms with Gasteiger partial charge in [0.15, 0.2) is 0 Å². The van der Waals surface area contributed by atoms with Gasteiger partial charge in [0.2, 0.25) is 5.91 Å². The molecule has 2 aliphatic heterocycles. The second-order valence-corrected chi connectivity index (χ2v) is 7.89. The molecule has 0 aliphatic carbocycles. The predicted molar refractivity (Wildman–Crippen MR) is 113 cm³/mol. The fraction of sp³-hybridized carbons (Fsp3) is 0.545. The van der Waals surface area contributed by atoms with Crippen LogP contribution in [0, 0.1) is 0 Å². The van der Waals surface area contributed by atoms with E-state index in [0.29, 0.717) is 23.4 Å². The molecule has 2 heterocycles. The molecule has 1 aromatic carbocycles. The number of rotatable bonds is 10. The van der Waals surface area contributed by atoms with Crippen molar-refractivity contribution in [1.29, 1.82) is 0 Å². The zero-order valence-electron chi connectivity index (χ0n) is 17.5. The molecular weight excluding hydrogens is 384 g/mol. The van der Waals surface area contributed by atoms with Crippen molar-refractivity contribution >= 4 is 29.3 Å². The second kappa shape index (κ2) is 9.84. The Kier molecular flexibility index (Phi) is 7.20. The lowest BCUT2D eigenvalue weighted by Gasteiger charge is -2.32. The number of likely N-dealkylation sites (N-methyl/N-ethyl adjacent to an activating group) is 1. The van der Waals surface area contributed by atoms with E-state index in [1.54, 1.807) is 18.2 Å². The van der Waals surface area contributed by atoms with Crippen molar-refractivity contribution in [3.8, 4) is 0 Å². The van der Waals surface area contributed by atoms with Gasteiger partial charge in [0.1, 0.15) is 6.04 Å². The van der Waals surface area contributed by atoms with Crippen LogP contribution >= 0.6 is 0 Å². The molecule has 0 spiro atoms. The van der Waals surface area contributed by atoms with Crippen molar-refractivity contribution in [2.24, 2.45) is 5.73 Å².